The zero-order valence-electron chi connectivity index (χ0n) is 9.76. The standard InChI is InChI=1S/C12H26N2/c1-4-7-12(14)11(8-6-9-13)10(3)5-2/h11-12H,3-9,13-14H2,1-2H3. The largest absolute Gasteiger partial charge is 0.330 e. The average Bonchev–Trinajstić information content (AvgIpc) is 2.18. The molecule has 0 saturated carbocycles. The van der Waals surface area contributed by atoms with Gasteiger partial charge in [0.15, 0.2) is 0 Å². The van der Waals surface area contributed by atoms with Crippen molar-refractivity contribution in [3.63, 3.8) is 0 Å². The highest BCUT2D eigenvalue weighted by Crippen LogP contribution is 2.23. The average molecular weight is 198 g/mol. The molecule has 0 amide bonds. The van der Waals surface area contributed by atoms with E-state index >= 15 is 0 Å². The second-order valence-corrected chi connectivity index (χ2v) is 4.00. The fourth-order valence-electron chi connectivity index (χ4n) is 1.86. The molecule has 2 unspecified atom stereocenters. The zero-order chi connectivity index (χ0) is 11.0. The molecule has 0 fully saturated rings. The van der Waals surface area contributed by atoms with E-state index in [-0.39, 0.29) is 6.04 Å². The van der Waals surface area contributed by atoms with E-state index < -0.39 is 0 Å². The quantitative estimate of drug-likeness (QED) is 0.589. The lowest BCUT2D eigenvalue weighted by Gasteiger charge is -2.25. The van der Waals surface area contributed by atoms with Gasteiger partial charge in [0.1, 0.15) is 0 Å². The summed E-state index contributed by atoms with van der Waals surface area (Å²) in [6.07, 6.45) is 5.43. The van der Waals surface area contributed by atoms with Crippen molar-refractivity contribution in [2.75, 3.05) is 6.54 Å². The van der Waals surface area contributed by atoms with Gasteiger partial charge in [-0.2, -0.15) is 0 Å². The Bertz CT molecular complexity index is 154. The van der Waals surface area contributed by atoms with Crippen LogP contribution >= 0.6 is 0 Å². The van der Waals surface area contributed by atoms with Crippen molar-refractivity contribution < 1.29 is 0 Å². The predicted octanol–water partition coefficient (Wildman–Crippen LogP) is 2.44. The van der Waals surface area contributed by atoms with Crippen molar-refractivity contribution in [2.45, 2.75) is 52.0 Å². The van der Waals surface area contributed by atoms with Gasteiger partial charge in [0.05, 0.1) is 0 Å². The van der Waals surface area contributed by atoms with Crippen molar-refractivity contribution in [1.29, 1.82) is 0 Å². The number of nitrogens with two attached hydrogens (primary N) is 2. The van der Waals surface area contributed by atoms with Crippen LogP contribution in [0.1, 0.15) is 46.0 Å². The molecule has 0 aromatic heterocycles. The molecule has 0 aliphatic carbocycles. The van der Waals surface area contributed by atoms with Gasteiger partial charge < -0.3 is 11.5 Å². The molecule has 0 heterocycles. The molecular formula is C12H26N2. The molecule has 0 saturated heterocycles. The SMILES string of the molecule is C=C(CC)C(CCCN)C(N)CCC. The maximum absolute atomic E-state index is 6.14. The predicted molar refractivity (Wildman–Crippen MR) is 64.1 cm³/mol. The summed E-state index contributed by atoms with van der Waals surface area (Å²) in [7, 11) is 0. The fraction of sp³-hybridized carbons (Fsp3) is 0.833. The molecule has 0 aliphatic heterocycles. The lowest BCUT2D eigenvalue weighted by atomic mass is 9.85. The highest BCUT2D eigenvalue weighted by atomic mass is 14.6. The monoisotopic (exact) mass is 198 g/mol. The summed E-state index contributed by atoms with van der Waals surface area (Å²) >= 11 is 0. The van der Waals surface area contributed by atoms with E-state index in [4.69, 9.17) is 11.5 Å². The molecule has 0 rings (SSSR count). The Labute approximate surface area is 88.7 Å². The number of rotatable bonds is 8. The lowest BCUT2D eigenvalue weighted by Crippen LogP contribution is -2.31. The Kier molecular flexibility index (Phi) is 7.81. The summed E-state index contributed by atoms with van der Waals surface area (Å²) in [4.78, 5) is 0. The van der Waals surface area contributed by atoms with Crippen LogP contribution in [0, 0.1) is 5.92 Å². The third-order valence-corrected chi connectivity index (χ3v) is 2.84. The van der Waals surface area contributed by atoms with Gasteiger partial charge in [-0.1, -0.05) is 32.4 Å². The third-order valence-electron chi connectivity index (χ3n) is 2.84. The Balaban J connectivity index is 4.14. The maximum Gasteiger partial charge on any atom is 0.0104 e. The number of hydrogen-bond acceptors (Lipinski definition) is 2. The Morgan fingerprint density at radius 2 is 1.93 bits per heavy atom. The Morgan fingerprint density at radius 1 is 1.29 bits per heavy atom. The lowest BCUT2D eigenvalue weighted by molar-refractivity contribution is 0.409. The van der Waals surface area contributed by atoms with Gasteiger partial charge in [0.25, 0.3) is 0 Å². The van der Waals surface area contributed by atoms with Gasteiger partial charge in [-0.05, 0) is 38.1 Å². The molecule has 2 atom stereocenters. The van der Waals surface area contributed by atoms with Crippen LogP contribution in [0.2, 0.25) is 0 Å². The molecule has 2 heteroatoms. The zero-order valence-corrected chi connectivity index (χ0v) is 9.76. The van der Waals surface area contributed by atoms with Crippen LogP contribution in [-0.4, -0.2) is 12.6 Å². The molecule has 14 heavy (non-hydrogen) atoms. The van der Waals surface area contributed by atoms with Gasteiger partial charge in [0.2, 0.25) is 0 Å². The first kappa shape index (κ1) is 13.7. The highest BCUT2D eigenvalue weighted by molar-refractivity contribution is 5.03. The van der Waals surface area contributed by atoms with Gasteiger partial charge >= 0.3 is 0 Å². The molecular weight excluding hydrogens is 172 g/mol. The number of hydrogen-bond donors (Lipinski definition) is 2. The minimum atomic E-state index is 0.277. The molecule has 2 nitrogen and oxygen atoms in total. The topological polar surface area (TPSA) is 52.0 Å². The highest BCUT2D eigenvalue weighted by Gasteiger charge is 2.18. The van der Waals surface area contributed by atoms with Crippen LogP contribution in [0.5, 0.6) is 0 Å². The van der Waals surface area contributed by atoms with E-state index in [0.717, 1.165) is 38.6 Å². The van der Waals surface area contributed by atoms with Crippen LogP contribution in [0.4, 0.5) is 0 Å². The van der Waals surface area contributed by atoms with Crippen LogP contribution in [0.3, 0.4) is 0 Å². The van der Waals surface area contributed by atoms with Gasteiger partial charge in [-0.25, -0.2) is 0 Å². The van der Waals surface area contributed by atoms with E-state index in [2.05, 4.69) is 20.4 Å². The smallest absolute Gasteiger partial charge is 0.0104 e. The Morgan fingerprint density at radius 3 is 2.36 bits per heavy atom. The van der Waals surface area contributed by atoms with Crippen LogP contribution in [0.25, 0.3) is 0 Å². The normalized spacial score (nSPS) is 15.1. The molecule has 4 N–H and O–H groups in total. The van der Waals surface area contributed by atoms with E-state index in [1.54, 1.807) is 0 Å². The molecule has 0 bridgehead atoms. The molecule has 0 aromatic carbocycles. The summed E-state index contributed by atoms with van der Waals surface area (Å²) in [5.74, 6) is 0.475. The minimum absolute atomic E-state index is 0.277. The van der Waals surface area contributed by atoms with Gasteiger partial charge in [0, 0.05) is 6.04 Å². The van der Waals surface area contributed by atoms with Gasteiger partial charge in [-0.3, -0.25) is 0 Å². The van der Waals surface area contributed by atoms with E-state index in [1.165, 1.54) is 5.57 Å². The molecule has 0 aromatic rings. The van der Waals surface area contributed by atoms with Crippen LogP contribution in [0.15, 0.2) is 12.2 Å². The van der Waals surface area contributed by atoms with Crippen molar-refractivity contribution in [3.8, 4) is 0 Å². The van der Waals surface area contributed by atoms with Crippen molar-refractivity contribution in [3.05, 3.63) is 12.2 Å². The van der Waals surface area contributed by atoms with Crippen molar-refractivity contribution >= 4 is 0 Å². The maximum atomic E-state index is 6.14. The molecule has 84 valence electrons. The Hall–Kier alpha value is -0.340. The minimum Gasteiger partial charge on any atom is -0.330 e. The van der Waals surface area contributed by atoms with Crippen molar-refractivity contribution in [2.24, 2.45) is 17.4 Å². The van der Waals surface area contributed by atoms with E-state index in [9.17, 15) is 0 Å². The molecule has 0 aliphatic rings. The first-order valence-electron chi connectivity index (χ1n) is 5.80. The van der Waals surface area contributed by atoms with E-state index in [0.29, 0.717) is 5.92 Å². The fourth-order valence-corrected chi connectivity index (χ4v) is 1.86. The second-order valence-electron chi connectivity index (χ2n) is 4.00. The first-order chi connectivity index (χ1) is 6.67. The van der Waals surface area contributed by atoms with Crippen LogP contribution in [-0.2, 0) is 0 Å². The summed E-state index contributed by atoms with van der Waals surface area (Å²) in [5, 5.41) is 0. The van der Waals surface area contributed by atoms with E-state index in [1.807, 2.05) is 0 Å². The molecule has 0 spiro atoms. The summed E-state index contributed by atoms with van der Waals surface area (Å²) in [5.41, 5.74) is 13.0. The molecule has 0 radical (unpaired) electrons. The second kappa shape index (κ2) is 8.01. The first-order valence-corrected chi connectivity index (χ1v) is 5.80. The summed E-state index contributed by atoms with van der Waals surface area (Å²) < 4.78 is 0. The summed E-state index contributed by atoms with van der Waals surface area (Å²) in [6.45, 7) is 9.19. The summed E-state index contributed by atoms with van der Waals surface area (Å²) in [6, 6.07) is 0.277. The van der Waals surface area contributed by atoms with Crippen LogP contribution < -0.4 is 11.5 Å². The van der Waals surface area contributed by atoms with Gasteiger partial charge in [-0.15, -0.1) is 0 Å². The van der Waals surface area contributed by atoms with Crippen molar-refractivity contribution in [1.82, 2.24) is 0 Å². The third kappa shape index (κ3) is 4.77.